The Labute approximate surface area is 235 Å². The molecule has 4 rings (SSSR count). The molecular formula is C30H34ClN3O4S. The Morgan fingerprint density at radius 2 is 1.59 bits per heavy atom. The number of carbonyl (C=O) groups is 2. The molecule has 1 aliphatic carbocycles. The average molecular weight is 568 g/mol. The number of halogens is 1. The molecule has 39 heavy (non-hydrogen) atoms. The van der Waals surface area contributed by atoms with Crippen molar-refractivity contribution in [2.45, 2.75) is 63.1 Å². The van der Waals surface area contributed by atoms with Crippen LogP contribution in [0.1, 0.15) is 43.7 Å². The fraction of sp³-hybridized carbons (Fsp3) is 0.333. The molecule has 1 saturated carbocycles. The Morgan fingerprint density at radius 1 is 0.974 bits per heavy atom. The molecule has 0 saturated heterocycles. The normalized spacial score (nSPS) is 14.5. The highest BCUT2D eigenvalue weighted by atomic mass is 35.5. The molecule has 206 valence electrons. The van der Waals surface area contributed by atoms with Crippen LogP contribution in [0.2, 0.25) is 5.02 Å². The monoisotopic (exact) mass is 567 g/mol. The predicted octanol–water partition coefficient (Wildman–Crippen LogP) is 5.32. The molecule has 3 aromatic rings. The quantitative estimate of drug-likeness (QED) is 0.359. The van der Waals surface area contributed by atoms with E-state index in [9.17, 15) is 18.0 Å². The Morgan fingerprint density at radius 3 is 2.21 bits per heavy atom. The van der Waals surface area contributed by atoms with Crippen LogP contribution in [0.4, 0.5) is 5.69 Å². The van der Waals surface area contributed by atoms with E-state index in [2.05, 4.69) is 5.32 Å². The maximum Gasteiger partial charge on any atom is 0.264 e. The van der Waals surface area contributed by atoms with E-state index in [-0.39, 0.29) is 29.1 Å². The van der Waals surface area contributed by atoms with Crippen molar-refractivity contribution in [3.05, 3.63) is 95.0 Å². The second kappa shape index (κ2) is 12.7. The molecule has 1 atom stereocenters. The lowest BCUT2D eigenvalue weighted by molar-refractivity contribution is -0.139. The first-order valence-electron chi connectivity index (χ1n) is 13.1. The number of hydrogen-bond acceptors (Lipinski definition) is 4. The number of nitrogens with zero attached hydrogens (tertiary/aromatic N) is 2. The van der Waals surface area contributed by atoms with Crippen LogP contribution < -0.4 is 9.62 Å². The largest absolute Gasteiger partial charge is 0.352 e. The van der Waals surface area contributed by atoms with E-state index >= 15 is 0 Å². The minimum absolute atomic E-state index is 0.0520. The lowest BCUT2D eigenvalue weighted by Crippen LogP contribution is -2.52. The zero-order valence-electron chi connectivity index (χ0n) is 22.2. The van der Waals surface area contributed by atoms with Crippen LogP contribution in [-0.4, -0.2) is 43.8 Å². The molecule has 0 heterocycles. The summed E-state index contributed by atoms with van der Waals surface area (Å²) in [6.45, 7) is 3.17. The van der Waals surface area contributed by atoms with Gasteiger partial charge < -0.3 is 10.2 Å². The van der Waals surface area contributed by atoms with Crippen molar-refractivity contribution in [1.29, 1.82) is 0 Å². The number of carbonyl (C=O) groups excluding carboxylic acids is 2. The number of rotatable bonds is 10. The zero-order chi connectivity index (χ0) is 28.0. The van der Waals surface area contributed by atoms with Crippen molar-refractivity contribution < 1.29 is 18.0 Å². The number of sulfonamides is 1. The smallest absolute Gasteiger partial charge is 0.264 e. The minimum atomic E-state index is -4.12. The summed E-state index contributed by atoms with van der Waals surface area (Å²) in [7, 11) is -4.12. The van der Waals surface area contributed by atoms with Crippen LogP contribution >= 0.6 is 11.6 Å². The predicted molar refractivity (Wildman–Crippen MR) is 154 cm³/mol. The maximum atomic E-state index is 14.0. The fourth-order valence-corrected chi connectivity index (χ4v) is 6.34. The van der Waals surface area contributed by atoms with Crippen LogP contribution in [0.5, 0.6) is 0 Å². The third kappa shape index (κ3) is 6.99. The zero-order valence-corrected chi connectivity index (χ0v) is 23.8. The Bertz CT molecular complexity index is 1390. The highest BCUT2D eigenvalue weighted by Gasteiger charge is 2.33. The van der Waals surface area contributed by atoms with Gasteiger partial charge in [-0.1, -0.05) is 79.0 Å². The number of benzene rings is 3. The van der Waals surface area contributed by atoms with Gasteiger partial charge in [0, 0.05) is 17.6 Å². The summed E-state index contributed by atoms with van der Waals surface area (Å²) in [5, 5.41) is 3.46. The third-order valence-corrected chi connectivity index (χ3v) is 9.31. The van der Waals surface area contributed by atoms with Gasteiger partial charge in [-0.25, -0.2) is 8.42 Å². The average Bonchev–Trinajstić information content (AvgIpc) is 3.45. The Kier molecular flexibility index (Phi) is 9.30. The number of amides is 2. The molecule has 9 heteroatoms. The lowest BCUT2D eigenvalue weighted by atomic mass is 10.1. The first-order valence-corrected chi connectivity index (χ1v) is 15.0. The molecule has 1 fully saturated rings. The van der Waals surface area contributed by atoms with Gasteiger partial charge in [0.15, 0.2) is 0 Å². The van der Waals surface area contributed by atoms with Crippen LogP contribution in [0, 0.1) is 6.92 Å². The number of anilines is 1. The van der Waals surface area contributed by atoms with E-state index in [4.69, 9.17) is 11.6 Å². The standard InChI is InChI=1S/C30H34ClN3O4S/c1-22-17-18-26(19-28(22)31)34(39(37,38)27-15-7-4-8-16-27)21-29(35)33(20-24-11-5-3-6-12-24)23(2)30(36)32-25-13-9-10-14-25/h3-8,11-12,15-19,23,25H,9-10,13-14,20-21H2,1-2H3,(H,32,36)/t23-/m1/s1. The first-order chi connectivity index (χ1) is 18.7. The second-order valence-corrected chi connectivity index (χ2v) is 12.2. The van der Waals surface area contributed by atoms with Crippen LogP contribution in [0.3, 0.4) is 0 Å². The summed E-state index contributed by atoms with van der Waals surface area (Å²) in [6, 6.07) is 21.5. The van der Waals surface area contributed by atoms with Crippen molar-refractivity contribution in [2.75, 3.05) is 10.8 Å². The van der Waals surface area contributed by atoms with Gasteiger partial charge in [-0.3, -0.25) is 13.9 Å². The Hall–Kier alpha value is -3.36. The summed E-state index contributed by atoms with van der Waals surface area (Å²) < 4.78 is 28.7. The summed E-state index contributed by atoms with van der Waals surface area (Å²) in [5.41, 5.74) is 1.89. The number of aryl methyl sites for hydroxylation is 1. The molecule has 3 aromatic carbocycles. The van der Waals surface area contributed by atoms with Crippen molar-refractivity contribution in [3.8, 4) is 0 Å². The van der Waals surface area contributed by atoms with E-state index < -0.39 is 28.5 Å². The molecule has 0 bridgehead atoms. The molecule has 1 N–H and O–H groups in total. The van der Waals surface area contributed by atoms with Crippen LogP contribution in [-0.2, 0) is 26.2 Å². The van der Waals surface area contributed by atoms with Gasteiger partial charge in [0.1, 0.15) is 12.6 Å². The van der Waals surface area contributed by atoms with Gasteiger partial charge >= 0.3 is 0 Å². The molecule has 0 aromatic heterocycles. The number of hydrogen-bond donors (Lipinski definition) is 1. The summed E-state index contributed by atoms with van der Waals surface area (Å²) >= 11 is 6.36. The topological polar surface area (TPSA) is 86.8 Å². The maximum absolute atomic E-state index is 14.0. The van der Waals surface area contributed by atoms with Crippen molar-refractivity contribution >= 4 is 39.1 Å². The molecule has 1 aliphatic rings. The van der Waals surface area contributed by atoms with E-state index in [1.54, 1.807) is 43.3 Å². The molecule has 2 amide bonds. The highest BCUT2D eigenvalue weighted by molar-refractivity contribution is 7.92. The van der Waals surface area contributed by atoms with E-state index in [0.29, 0.717) is 5.02 Å². The van der Waals surface area contributed by atoms with E-state index in [0.717, 1.165) is 41.1 Å². The third-order valence-electron chi connectivity index (χ3n) is 7.12. The summed E-state index contributed by atoms with van der Waals surface area (Å²) in [5.74, 6) is -0.744. The second-order valence-electron chi connectivity index (χ2n) is 9.93. The van der Waals surface area contributed by atoms with Gasteiger partial charge in [-0.15, -0.1) is 0 Å². The molecule has 7 nitrogen and oxygen atoms in total. The Balaban J connectivity index is 1.68. The van der Waals surface area contributed by atoms with Gasteiger partial charge in [-0.05, 0) is 62.1 Å². The molecule has 0 aliphatic heterocycles. The van der Waals surface area contributed by atoms with Crippen LogP contribution in [0.15, 0.2) is 83.8 Å². The van der Waals surface area contributed by atoms with Gasteiger partial charge in [-0.2, -0.15) is 0 Å². The summed E-state index contributed by atoms with van der Waals surface area (Å²) in [4.78, 5) is 28.7. The molecule has 0 radical (unpaired) electrons. The summed E-state index contributed by atoms with van der Waals surface area (Å²) in [6.07, 6.45) is 3.97. The molecule has 0 spiro atoms. The van der Waals surface area contributed by atoms with Crippen molar-refractivity contribution in [1.82, 2.24) is 10.2 Å². The number of nitrogens with one attached hydrogen (secondary N) is 1. The fourth-order valence-electron chi connectivity index (χ4n) is 4.74. The minimum Gasteiger partial charge on any atom is -0.352 e. The highest BCUT2D eigenvalue weighted by Crippen LogP contribution is 2.28. The van der Waals surface area contributed by atoms with E-state index in [1.807, 2.05) is 37.3 Å². The lowest BCUT2D eigenvalue weighted by Gasteiger charge is -2.32. The first kappa shape index (κ1) is 28.6. The van der Waals surface area contributed by atoms with Gasteiger partial charge in [0.05, 0.1) is 10.6 Å². The van der Waals surface area contributed by atoms with Gasteiger partial charge in [0.25, 0.3) is 10.0 Å². The molecular weight excluding hydrogens is 534 g/mol. The molecule has 0 unspecified atom stereocenters. The van der Waals surface area contributed by atoms with Crippen molar-refractivity contribution in [3.63, 3.8) is 0 Å². The van der Waals surface area contributed by atoms with Crippen LogP contribution in [0.25, 0.3) is 0 Å². The van der Waals surface area contributed by atoms with Crippen molar-refractivity contribution in [2.24, 2.45) is 0 Å². The SMILES string of the molecule is Cc1ccc(N(CC(=O)N(Cc2ccccc2)[C@H](C)C(=O)NC2CCCC2)S(=O)(=O)c2ccccc2)cc1Cl. The van der Waals surface area contributed by atoms with E-state index in [1.165, 1.54) is 17.0 Å². The van der Waals surface area contributed by atoms with Gasteiger partial charge in [0.2, 0.25) is 11.8 Å².